The van der Waals surface area contributed by atoms with Gasteiger partial charge in [0, 0.05) is 5.41 Å². The monoisotopic (exact) mass is 260 g/mol. The Morgan fingerprint density at radius 2 is 1.55 bits per heavy atom. The molecule has 0 saturated carbocycles. The van der Waals surface area contributed by atoms with Crippen LogP contribution in [0.15, 0.2) is 78.9 Å². The lowest BCUT2D eigenvalue weighted by Crippen LogP contribution is -2.26. The minimum atomic E-state index is -0.0252. The lowest BCUT2D eigenvalue weighted by Gasteiger charge is -2.34. The van der Waals surface area contributed by atoms with Gasteiger partial charge in [-0.2, -0.15) is 0 Å². The van der Waals surface area contributed by atoms with E-state index in [2.05, 4.69) is 80.2 Å². The molecule has 3 rings (SSSR count). The SMILES string of the molecule is C=C1CC=C(c2ccccc2)C1(CC)c1ccccc1. The highest BCUT2D eigenvalue weighted by atomic mass is 14.4. The van der Waals surface area contributed by atoms with Gasteiger partial charge in [-0.05, 0) is 29.5 Å². The molecule has 0 heteroatoms. The van der Waals surface area contributed by atoms with Gasteiger partial charge in [-0.25, -0.2) is 0 Å². The maximum Gasteiger partial charge on any atom is 0.0411 e. The third kappa shape index (κ3) is 1.84. The summed E-state index contributed by atoms with van der Waals surface area (Å²) in [5, 5.41) is 0. The van der Waals surface area contributed by atoms with Crippen molar-refractivity contribution in [2.45, 2.75) is 25.2 Å². The summed E-state index contributed by atoms with van der Waals surface area (Å²) in [7, 11) is 0. The van der Waals surface area contributed by atoms with Crippen LogP contribution in [0, 0.1) is 0 Å². The van der Waals surface area contributed by atoms with Crippen molar-refractivity contribution in [3.63, 3.8) is 0 Å². The molecular weight excluding hydrogens is 240 g/mol. The Bertz CT molecular complexity index is 634. The van der Waals surface area contributed by atoms with Crippen LogP contribution in [0.3, 0.4) is 0 Å². The molecule has 2 aromatic carbocycles. The highest BCUT2D eigenvalue weighted by Gasteiger charge is 2.40. The van der Waals surface area contributed by atoms with Gasteiger partial charge in [0.25, 0.3) is 0 Å². The van der Waals surface area contributed by atoms with E-state index in [0.29, 0.717) is 0 Å². The Hall–Kier alpha value is -2.08. The van der Waals surface area contributed by atoms with Gasteiger partial charge in [0.05, 0.1) is 0 Å². The van der Waals surface area contributed by atoms with E-state index in [1.54, 1.807) is 0 Å². The van der Waals surface area contributed by atoms with Crippen LogP contribution in [0.1, 0.15) is 30.9 Å². The summed E-state index contributed by atoms with van der Waals surface area (Å²) in [6.07, 6.45) is 4.39. The van der Waals surface area contributed by atoms with Gasteiger partial charge in [0.15, 0.2) is 0 Å². The van der Waals surface area contributed by atoms with Crippen molar-refractivity contribution >= 4 is 5.57 Å². The molecule has 0 N–H and O–H groups in total. The number of benzene rings is 2. The first-order valence-corrected chi connectivity index (χ1v) is 7.29. The number of allylic oxidation sites excluding steroid dienone is 3. The molecule has 0 amide bonds. The van der Waals surface area contributed by atoms with Crippen molar-refractivity contribution < 1.29 is 0 Å². The Morgan fingerprint density at radius 3 is 2.15 bits per heavy atom. The van der Waals surface area contributed by atoms with Crippen molar-refractivity contribution in [1.82, 2.24) is 0 Å². The van der Waals surface area contributed by atoms with Crippen LogP contribution in [0.4, 0.5) is 0 Å². The first-order chi connectivity index (χ1) is 9.79. The first kappa shape index (κ1) is 12.9. The Morgan fingerprint density at radius 1 is 0.950 bits per heavy atom. The molecule has 1 atom stereocenters. The van der Waals surface area contributed by atoms with E-state index in [0.717, 1.165) is 12.8 Å². The summed E-state index contributed by atoms with van der Waals surface area (Å²) >= 11 is 0. The molecule has 0 aliphatic heterocycles. The summed E-state index contributed by atoms with van der Waals surface area (Å²) in [5.41, 5.74) is 5.38. The van der Waals surface area contributed by atoms with E-state index in [1.165, 1.54) is 22.3 Å². The van der Waals surface area contributed by atoms with Crippen LogP contribution in [0.5, 0.6) is 0 Å². The molecular formula is C20H20. The molecule has 1 aliphatic carbocycles. The smallest absolute Gasteiger partial charge is 0.0411 e. The van der Waals surface area contributed by atoms with Crippen molar-refractivity contribution in [3.8, 4) is 0 Å². The fraction of sp³-hybridized carbons (Fsp3) is 0.200. The van der Waals surface area contributed by atoms with Crippen LogP contribution in [-0.2, 0) is 5.41 Å². The van der Waals surface area contributed by atoms with E-state index in [9.17, 15) is 0 Å². The molecule has 0 saturated heterocycles. The highest BCUT2D eigenvalue weighted by Crippen LogP contribution is 2.51. The second-order valence-corrected chi connectivity index (χ2v) is 5.42. The van der Waals surface area contributed by atoms with E-state index in [-0.39, 0.29) is 5.41 Å². The van der Waals surface area contributed by atoms with Crippen molar-refractivity contribution in [2.24, 2.45) is 0 Å². The third-order valence-electron chi connectivity index (χ3n) is 4.50. The molecule has 2 aromatic rings. The number of rotatable bonds is 3. The molecule has 0 aromatic heterocycles. The van der Waals surface area contributed by atoms with Gasteiger partial charge in [-0.3, -0.25) is 0 Å². The summed E-state index contributed by atoms with van der Waals surface area (Å²) in [6, 6.07) is 21.5. The maximum atomic E-state index is 4.38. The lowest BCUT2D eigenvalue weighted by atomic mass is 9.68. The normalized spacial score (nSPS) is 21.9. The van der Waals surface area contributed by atoms with Crippen molar-refractivity contribution in [2.75, 3.05) is 0 Å². The molecule has 0 heterocycles. The molecule has 1 unspecified atom stereocenters. The lowest BCUT2D eigenvalue weighted by molar-refractivity contribution is 0.632. The zero-order chi connectivity index (χ0) is 14.0. The predicted octanol–water partition coefficient (Wildman–Crippen LogP) is 5.38. The standard InChI is InChI=1S/C20H20/c1-3-20(18-12-8-5-9-13-18)16(2)14-15-19(20)17-10-6-4-7-11-17/h4-13,15H,2-3,14H2,1H3. The Balaban J connectivity index is 2.18. The van der Waals surface area contributed by atoms with Crippen LogP contribution < -0.4 is 0 Å². The van der Waals surface area contributed by atoms with Gasteiger partial charge < -0.3 is 0 Å². The summed E-state index contributed by atoms with van der Waals surface area (Å²) in [5.74, 6) is 0. The summed E-state index contributed by atoms with van der Waals surface area (Å²) < 4.78 is 0. The third-order valence-corrected chi connectivity index (χ3v) is 4.50. The topological polar surface area (TPSA) is 0 Å². The van der Waals surface area contributed by atoms with Gasteiger partial charge >= 0.3 is 0 Å². The fourth-order valence-electron chi connectivity index (χ4n) is 3.47. The predicted molar refractivity (Wildman–Crippen MR) is 86.6 cm³/mol. The molecule has 0 spiro atoms. The minimum absolute atomic E-state index is 0.0252. The highest BCUT2D eigenvalue weighted by molar-refractivity contribution is 5.82. The van der Waals surface area contributed by atoms with Crippen LogP contribution in [0.2, 0.25) is 0 Å². The maximum absolute atomic E-state index is 4.38. The van der Waals surface area contributed by atoms with Gasteiger partial charge in [-0.15, -0.1) is 0 Å². The van der Waals surface area contributed by atoms with Crippen LogP contribution in [-0.4, -0.2) is 0 Å². The van der Waals surface area contributed by atoms with Gasteiger partial charge in [0.2, 0.25) is 0 Å². The molecule has 1 aliphatic rings. The van der Waals surface area contributed by atoms with Crippen molar-refractivity contribution in [1.29, 1.82) is 0 Å². The Labute approximate surface area is 121 Å². The van der Waals surface area contributed by atoms with Crippen LogP contribution >= 0.6 is 0 Å². The Kier molecular flexibility index (Phi) is 3.31. The van der Waals surface area contributed by atoms with Crippen LogP contribution in [0.25, 0.3) is 5.57 Å². The summed E-state index contributed by atoms with van der Waals surface area (Å²) in [6.45, 7) is 6.64. The molecule has 100 valence electrons. The van der Waals surface area contributed by atoms with Gasteiger partial charge in [-0.1, -0.05) is 85.8 Å². The first-order valence-electron chi connectivity index (χ1n) is 7.29. The van der Waals surface area contributed by atoms with E-state index in [4.69, 9.17) is 0 Å². The number of hydrogen-bond donors (Lipinski definition) is 0. The van der Waals surface area contributed by atoms with Crippen molar-refractivity contribution in [3.05, 3.63) is 90.0 Å². The molecule has 0 fully saturated rings. The second kappa shape index (κ2) is 5.13. The van der Waals surface area contributed by atoms with E-state index < -0.39 is 0 Å². The average molecular weight is 260 g/mol. The molecule has 0 nitrogen and oxygen atoms in total. The van der Waals surface area contributed by atoms with Gasteiger partial charge in [0.1, 0.15) is 0 Å². The molecule has 20 heavy (non-hydrogen) atoms. The fourth-order valence-corrected chi connectivity index (χ4v) is 3.47. The zero-order valence-electron chi connectivity index (χ0n) is 12.0. The quantitative estimate of drug-likeness (QED) is 0.650. The van der Waals surface area contributed by atoms with E-state index >= 15 is 0 Å². The zero-order valence-corrected chi connectivity index (χ0v) is 12.0. The molecule has 0 bridgehead atoms. The summed E-state index contributed by atoms with van der Waals surface area (Å²) in [4.78, 5) is 0. The minimum Gasteiger partial charge on any atom is -0.0983 e. The second-order valence-electron chi connectivity index (χ2n) is 5.42. The largest absolute Gasteiger partial charge is 0.0983 e. The number of hydrogen-bond acceptors (Lipinski definition) is 0. The van der Waals surface area contributed by atoms with E-state index in [1.807, 2.05) is 0 Å². The molecule has 0 radical (unpaired) electrons. The average Bonchev–Trinajstić information content (AvgIpc) is 2.86.